The highest BCUT2D eigenvalue weighted by Gasteiger charge is 2.40. The van der Waals surface area contributed by atoms with Crippen LogP contribution < -0.4 is 5.32 Å². The van der Waals surface area contributed by atoms with Crippen LogP contribution in [0.1, 0.15) is 41.6 Å². The van der Waals surface area contributed by atoms with Crippen molar-refractivity contribution in [2.75, 3.05) is 0 Å². The van der Waals surface area contributed by atoms with E-state index >= 15 is 0 Å². The summed E-state index contributed by atoms with van der Waals surface area (Å²) in [6.07, 6.45) is 5.37. The van der Waals surface area contributed by atoms with E-state index in [2.05, 4.69) is 15.4 Å². The van der Waals surface area contributed by atoms with Gasteiger partial charge in [0.15, 0.2) is 0 Å². The number of amides is 1. The third kappa shape index (κ3) is 3.08. The molecule has 1 aliphatic carbocycles. The highest BCUT2D eigenvalue weighted by atomic mass is 16.4. The lowest BCUT2D eigenvalue weighted by atomic mass is 9.74. The fourth-order valence-electron chi connectivity index (χ4n) is 2.94. The van der Waals surface area contributed by atoms with Crippen LogP contribution in [-0.4, -0.2) is 37.3 Å². The smallest absolute Gasteiger partial charge is 0.305 e. The number of hydrogen-bond acceptors (Lipinski definition) is 4. The van der Waals surface area contributed by atoms with Crippen molar-refractivity contribution < 1.29 is 14.7 Å². The molecule has 0 atom stereocenters. The third-order valence-electron chi connectivity index (χ3n) is 4.30. The van der Waals surface area contributed by atoms with Crippen LogP contribution in [0.3, 0.4) is 0 Å². The van der Waals surface area contributed by atoms with Crippen LogP contribution in [0, 0.1) is 6.92 Å². The number of aliphatic carboxylic acids is 1. The third-order valence-corrected chi connectivity index (χ3v) is 4.30. The normalized spacial score (nSPS) is 15.7. The number of rotatable bonds is 5. The zero-order valence-electron chi connectivity index (χ0n) is 12.8. The van der Waals surface area contributed by atoms with Crippen LogP contribution in [0.15, 0.2) is 30.9 Å². The second kappa shape index (κ2) is 5.83. The maximum Gasteiger partial charge on any atom is 0.305 e. The molecule has 1 aromatic carbocycles. The molecule has 0 bridgehead atoms. The van der Waals surface area contributed by atoms with Gasteiger partial charge in [-0.3, -0.25) is 9.59 Å². The molecule has 1 saturated carbocycles. The quantitative estimate of drug-likeness (QED) is 0.875. The summed E-state index contributed by atoms with van der Waals surface area (Å²) in [7, 11) is 0. The molecule has 0 radical (unpaired) electrons. The van der Waals surface area contributed by atoms with Crippen molar-refractivity contribution >= 4 is 11.9 Å². The van der Waals surface area contributed by atoms with E-state index in [1.54, 1.807) is 23.1 Å². The summed E-state index contributed by atoms with van der Waals surface area (Å²) < 4.78 is 1.63. The number of aryl methyl sites for hydroxylation is 1. The van der Waals surface area contributed by atoms with Crippen LogP contribution in [0.2, 0.25) is 0 Å². The van der Waals surface area contributed by atoms with E-state index in [-0.39, 0.29) is 12.3 Å². The summed E-state index contributed by atoms with van der Waals surface area (Å²) in [5.41, 5.74) is 1.66. The van der Waals surface area contributed by atoms with E-state index in [0.717, 1.165) is 17.7 Å². The number of carbonyl (C=O) groups is 2. The zero-order valence-corrected chi connectivity index (χ0v) is 12.8. The van der Waals surface area contributed by atoms with Crippen molar-refractivity contribution in [1.29, 1.82) is 0 Å². The van der Waals surface area contributed by atoms with Crippen LogP contribution in [0.25, 0.3) is 5.69 Å². The second-order valence-electron chi connectivity index (χ2n) is 6.00. The average Bonchev–Trinajstić information content (AvgIpc) is 2.98. The van der Waals surface area contributed by atoms with Gasteiger partial charge >= 0.3 is 5.97 Å². The molecular formula is C16H18N4O3. The maximum absolute atomic E-state index is 12.4. The van der Waals surface area contributed by atoms with Gasteiger partial charge in [-0.05, 0) is 49.9 Å². The number of carboxylic acid groups (broad SMARTS) is 1. The van der Waals surface area contributed by atoms with Crippen molar-refractivity contribution in [3.63, 3.8) is 0 Å². The number of benzene rings is 1. The first-order chi connectivity index (χ1) is 11.0. The van der Waals surface area contributed by atoms with Crippen molar-refractivity contribution in [3.8, 4) is 5.69 Å². The van der Waals surface area contributed by atoms with Gasteiger partial charge in [0, 0.05) is 5.56 Å². The molecular weight excluding hydrogens is 296 g/mol. The summed E-state index contributed by atoms with van der Waals surface area (Å²) in [6, 6.07) is 5.30. The SMILES string of the molecule is Cc1cc(C(=O)NC2(CC(=O)O)CCC2)ccc1-n1cncn1. The Morgan fingerprint density at radius 3 is 2.70 bits per heavy atom. The molecule has 1 fully saturated rings. The first kappa shape index (κ1) is 15.2. The van der Waals surface area contributed by atoms with Crippen LogP contribution in [-0.2, 0) is 4.79 Å². The summed E-state index contributed by atoms with van der Waals surface area (Å²) >= 11 is 0. The van der Waals surface area contributed by atoms with Gasteiger partial charge in [0.05, 0.1) is 17.6 Å². The average molecular weight is 314 g/mol. The molecule has 1 heterocycles. The van der Waals surface area contributed by atoms with E-state index < -0.39 is 11.5 Å². The Labute approximate surface area is 133 Å². The lowest BCUT2D eigenvalue weighted by molar-refractivity contribution is -0.139. The van der Waals surface area contributed by atoms with E-state index in [0.29, 0.717) is 18.4 Å². The zero-order chi connectivity index (χ0) is 16.4. The predicted octanol–water partition coefficient (Wildman–Crippen LogP) is 1.70. The van der Waals surface area contributed by atoms with E-state index in [4.69, 9.17) is 5.11 Å². The van der Waals surface area contributed by atoms with Gasteiger partial charge < -0.3 is 10.4 Å². The van der Waals surface area contributed by atoms with Gasteiger partial charge in [-0.25, -0.2) is 9.67 Å². The van der Waals surface area contributed by atoms with E-state index in [1.165, 1.54) is 6.33 Å². The predicted molar refractivity (Wildman–Crippen MR) is 82.4 cm³/mol. The largest absolute Gasteiger partial charge is 0.481 e. The Balaban J connectivity index is 1.78. The van der Waals surface area contributed by atoms with Gasteiger partial charge in [0.1, 0.15) is 12.7 Å². The number of aromatic nitrogens is 3. The molecule has 3 rings (SSSR count). The first-order valence-electron chi connectivity index (χ1n) is 7.49. The Morgan fingerprint density at radius 2 is 2.17 bits per heavy atom. The molecule has 23 heavy (non-hydrogen) atoms. The van der Waals surface area contributed by atoms with Gasteiger partial charge in [0.2, 0.25) is 0 Å². The monoisotopic (exact) mass is 314 g/mol. The Morgan fingerprint density at radius 1 is 1.39 bits per heavy atom. The number of carboxylic acids is 1. The highest BCUT2D eigenvalue weighted by molar-refractivity contribution is 5.95. The number of carbonyl (C=O) groups excluding carboxylic acids is 1. The lowest BCUT2D eigenvalue weighted by Crippen LogP contribution is -2.54. The highest BCUT2D eigenvalue weighted by Crippen LogP contribution is 2.35. The molecule has 2 aromatic rings. The number of hydrogen-bond donors (Lipinski definition) is 2. The Hall–Kier alpha value is -2.70. The molecule has 0 aliphatic heterocycles. The minimum atomic E-state index is -0.886. The van der Waals surface area contributed by atoms with E-state index in [9.17, 15) is 9.59 Å². The fraction of sp³-hybridized carbons (Fsp3) is 0.375. The fourth-order valence-corrected chi connectivity index (χ4v) is 2.94. The summed E-state index contributed by atoms with van der Waals surface area (Å²) in [5.74, 6) is -1.12. The standard InChI is InChI=1S/C16H18N4O3/c1-11-7-12(3-4-13(11)20-10-17-9-18-20)15(23)19-16(5-2-6-16)8-14(21)22/h3-4,7,9-10H,2,5-6,8H2,1H3,(H,19,23)(H,21,22). The first-order valence-corrected chi connectivity index (χ1v) is 7.49. The summed E-state index contributed by atoms with van der Waals surface area (Å²) in [6.45, 7) is 1.89. The molecule has 1 aliphatic rings. The van der Waals surface area contributed by atoms with Gasteiger partial charge in [-0.1, -0.05) is 0 Å². The Kier molecular flexibility index (Phi) is 3.85. The second-order valence-corrected chi connectivity index (χ2v) is 6.00. The Bertz CT molecular complexity index is 736. The molecule has 0 spiro atoms. The minimum Gasteiger partial charge on any atom is -0.481 e. The molecule has 1 amide bonds. The van der Waals surface area contributed by atoms with Crippen molar-refractivity contribution in [2.24, 2.45) is 0 Å². The molecule has 0 saturated heterocycles. The molecule has 1 aromatic heterocycles. The van der Waals surface area contributed by atoms with Crippen molar-refractivity contribution in [3.05, 3.63) is 42.0 Å². The van der Waals surface area contributed by atoms with Crippen LogP contribution in [0.4, 0.5) is 0 Å². The van der Waals surface area contributed by atoms with Gasteiger partial charge in [-0.15, -0.1) is 0 Å². The van der Waals surface area contributed by atoms with Crippen molar-refractivity contribution in [1.82, 2.24) is 20.1 Å². The molecule has 2 N–H and O–H groups in total. The lowest BCUT2D eigenvalue weighted by Gasteiger charge is -2.41. The van der Waals surface area contributed by atoms with Gasteiger partial charge in [0.25, 0.3) is 5.91 Å². The van der Waals surface area contributed by atoms with Crippen LogP contribution in [0.5, 0.6) is 0 Å². The molecule has 7 heteroatoms. The summed E-state index contributed by atoms with van der Waals surface area (Å²) in [4.78, 5) is 27.3. The minimum absolute atomic E-state index is 0.0330. The van der Waals surface area contributed by atoms with Crippen molar-refractivity contribution in [2.45, 2.75) is 38.1 Å². The molecule has 0 unspecified atom stereocenters. The van der Waals surface area contributed by atoms with Gasteiger partial charge in [-0.2, -0.15) is 5.10 Å². The molecule has 120 valence electrons. The van der Waals surface area contributed by atoms with E-state index in [1.807, 2.05) is 13.0 Å². The molecule has 7 nitrogen and oxygen atoms in total. The number of nitrogens with one attached hydrogen (secondary N) is 1. The summed E-state index contributed by atoms with van der Waals surface area (Å²) in [5, 5.41) is 16.0. The van der Waals surface area contributed by atoms with Crippen LogP contribution >= 0.6 is 0 Å². The number of nitrogens with zero attached hydrogens (tertiary/aromatic N) is 3. The maximum atomic E-state index is 12.4. The topological polar surface area (TPSA) is 97.1 Å².